The smallest absolute Gasteiger partial charge is 0.160 e. The molecule has 2 N–H and O–H groups in total. The van der Waals surface area contributed by atoms with Crippen LogP contribution in [0.5, 0.6) is 0 Å². The summed E-state index contributed by atoms with van der Waals surface area (Å²) in [6, 6.07) is 3.56. The molecule has 1 fully saturated rings. The fourth-order valence-corrected chi connectivity index (χ4v) is 3.26. The number of hydrogen-bond acceptors (Lipinski definition) is 2. The minimum Gasteiger partial charge on any atom is -0.409 e. The Bertz CT molecular complexity index is 511. The van der Waals surface area contributed by atoms with Gasteiger partial charge in [-0.15, -0.1) is 0 Å². The third kappa shape index (κ3) is 4.68. The highest BCUT2D eigenvalue weighted by molar-refractivity contribution is 5.95. The van der Waals surface area contributed by atoms with Crippen LogP contribution in [0.1, 0.15) is 51.9 Å². The van der Waals surface area contributed by atoms with Crippen molar-refractivity contribution in [3.63, 3.8) is 0 Å². The van der Waals surface area contributed by atoms with Crippen molar-refractivity contribution in [1.82, 2.24) is 0 Å². The molecule has 1 aliphatic rings. The molecule has 0 heterocycles. The second-order valence-electron chi connectivity index (χ2n) is 6.18. The average Bonchev–Trinajstić information content (AvgIpc) is 2.52. The van der Waals surface area contributed by atoms with Gasteiger partial charge in [-0.3, -0.25) is 0 Å². The first kappa shape index (κ1) is 16.7. The van der Waals surface area contributed by atoms with Crippen molar-refractivity contribution < 1.29 is 14.0 Å². The van der Waals surface area contributed by atoms with Crippen molar-refractivity contribution in [2.75, 3.05) is 5.32 Å². The summed E-state index contributed by atoms with van der Waals surface area (Å²) in [7, 11) is 0. The summed E-state index contributed by atoms with van der Waals surface area (Å²) < 4.78 is 26.1. The van der Waals surface area contributed by atoms with Crippen molar-refractivity contribution in [1.29, 1.82) is 0 Å². The molecule has 0 unspecified atom stereocenters. The third-order valence-corrected chi connectivity index (χ3v) is 4.47. The van der Waals surface area contributed by atoms with E-state index in [1.165, 1.54) is 31.7 Å². The SMILES string of the molecule is CCC[C@H]1CC[C@@H](C/C(=N/O)Nc2ccc(F)c(F)c2)CC1. The lowest BCUT2D eigenvalue weighted by atomic mass is 9.78. The Labute approximate surface area is 130 Å². The zero-order valence-electron chi connectivity index (χ0n) is 13.0. The van der Waals surface area contributed by atoms with Crippen LogP contribution in [0.2, 0.25) is 0 Å². The number of benzene rings is 1. The molecule has 3 nitrogen and oxygen atoms in total. The highest BCUT2D eigenvalue weighted by Crippen LogP contribution is 2.33. The monoisotopic (exact) mass is 310 g/mol. The molecule has 5 heteroatoms. The van der Waals surface area contributed by atoms with E-state index >= 15 is 0 Å². The lowest BCUT2D eigenvalue weighted by molar-refractivity contribution is 0.263. The second kappa shape index (κ2) is 8.11. The number of rotatable bonds is 5. The zero-order chi connectivity index (χ0) is 15.9. The maximum Gasteiger partial charge on any atom is 0.160 e. The molecule has 0 radical (unpaired) electrons. The quantitative estimate of drug-likeness (QED) is 0.341. The molecule has 22 heavy (non-hydrogen) atoms. The molecule has 0 bridgehead atoms. The normalized spacial score (nSPS) is 22.6. The van der Waals surface area contributed by atoms with Gasteiger partial charge in [0.25, 0.3) is 0 Å². The third-order valence-electron chi connectivity index (χ3n) is 4.47. The van der Waals surface area contributed by atoms with Gasteiger partial charge in [0.2, 0.25) is 0 Å². The van der Waals surface area contributed by atoms with Crippen molar-refractivity contribution in [3.8, 4) is 0 Å². The topological polar surface area (TPSA) is 44.6 Å². The van der Waals surface area contributed by atoms with Crippen molar-refractivity contribution in [3.05, 3.63) is 29.8 Å². The molecule has 0 saturated heterocycles. The predicted molar refractivity (Wildman–Crippen MR) is 84.2 cm³/mol. The summed E-state index contributed by atoms with van der Waals surface area (Å²) in [5.74, 6) is -0.0821. The van der Waals surface area contributed by atoms with E-state index in [0.717, 1.165) is 30.9 Å². The van der Waals surface area contributed by atoms with E-state index in [4.69, 9.17) is 5.21 Å². The van der Waals surface area contributed by atoms with Crippen LogP contribution in [0.4, 0.5) is 14.5 Å². The van der Waals surface area contributed by atoms with Crippen molar-refractivity contribution in [2.45, 2.75) is 51.9 Å². The van der Waals surface area contributed by atoms with Crippen LogP contribution in [-0.2, 0) is 0 Å². The number of oxime groups is 1. The average molecular weight is 310 g/mol. The summed E-state index contributed by atoms with van der Waals surface area (Å²) in [5, 5.41) is 15.3. The van der Waals surface area contributed by atoms with Gasteiger partial charge in [-0.1, -0.05) is 37.8 Å². The largest absolute Gasteiger partial charge is 0.409 e. The molecule has 0 spiro atoms. The number of halogens is 2. The number of hydrogen-bond donors (Lipinski definition) is 2. The second-order valence-corrected chi connectivity index (χ2v) is 6.18. The molecule has 0 atom stereocenters. The van der Waals surface area contributed by atoms with Crippen LogP contribution in [0, 0.1) is 23.5 Å². The summed E-state index contributed by atoms with van der Waals surface area (Å²) in [6.07, 6.45) is 7.86. The van der Waals surface area contributed by atoms with Gasteiger partial charge in [0.05, 0.1) is 0 Å². The van der Waals surface area contributed by atoms with Gasteiger partial charge in [-0.25, -0.2) is 8.78 Å². The number of amidine groups is 1. The van der Waals surface area contributed by atoms with E-state index in [-0.39, 0.29) is 0 Å². The van der Waals surface area contributed by atoms with Crippen LogP contribution < -0.4 is 5.32 Å². The molecular weight excluding hydrogens is 286 g/mol. The Kier molecular flexibility index (Phi) is 6.16. The zero-order valence-corrected chi connectivity index (χ0v) is 13.0. The minimum absolute atomic E-state index is 0.395. The molecule has 0 aromatic heterocycles. The lowest BCUT2D eigenvalue weighted by Gasteiger charge is -2.28. The molecule has 2 rings (SSSR count). The van der Waals surface area contributed by atoms with Gasteiger partial charge >= 0.3 is 0 Å². The van der Waals surface area contributed by atoms with Crippen LogP contribution in [0.25, 0.3) is 0 Å². The first-order valence-electron chi connectivity index (χ1n) is 8.05. The highest BCUT2D eigenvalue weighted by Gasteiger charge is 2.22. The van der Waals surface area contributed by atoms with E-state index in [1.54, 1.807) is 0 Å². The van der Waals surface area contributed by atoms with Gasteiger partial charge in [-0.05, 0) is 36.8 Å². The van der Waals surface area contributed by atoms with Gasteiger partial charge in [0, 0.05) is 18.2 Å². The predicted octanol–water partition coefficient (Wildman–Crippen LogP) is 5.16. The van der Waals surface area contributed by atoms with Gasteiger partial charge in [0.1, 0.15) is 5.84 Å². The molecular formula is C17H24F2N2O. The lowest BCUT2D eigenvalue weighted by Crippen LogP contribution is -2.21. The highest BCUT2D eigenvalue weighted by atomic mass is 19.2. The van der Waals surface area contributed by atoms with Crippen molar-refractivity contribution >= 4 is 11.5 Å². The standard InChI is InChI=1S/C17H24F2N2O/c1-2-3-12-4-6-13(7-5-12)10-17(21-22)20-14-8-9-15(18)16(19)11-14/h8-9,11-13,22H,2-7,10H2,1H3,(H,20,21)/t12-,13+. The first-order valence-corrected chi connectivity index (χ1v) is 8.05. The van der Waals surface area contributed by atoms with E-state index in [9.17, 15) is 8.78 Å². The first-order chi connectivity index (χ1) is 10.6. The van der Waals surface area contributed by atoms with Gasteiger partial charge < -0.3 is 10.5 Å². The molecule has 1 aliphatic carbocycles. The molecule has 1 saturated carbocycles. The summed E-state index contributed by atoms with van der Waals surface area (Å²) >= 11 is 0. The number of nitrogens with one attached hydrogen (secondary N) is 1. The van der Waals surface area contributed by atoms with Crippen LogP contribution in [0.15, 0.2) is 23.4 Å². The van der Waals surface area contributed by atoms with E-state index in [1.807, 2.05) is 0 Å². The fraction of sp³-hybridized carbons (Fsp3) is 0.588. The maximum atomic E-state index is 13.2. The van der Waals surface area contributed by atoms with Crippen LogP contribution in [0.3, 0.4) is 0 Å². The summed E-state index contributed by atoms with van der Waals surface area (Å²) in [4.78, 5) is 0. The molecule has 0 aliphatic heterocycles. The van der Waals surface area contributed by atoms with Crippen LogP contribution >= 0.6 is 0 Å². The van der Waals surface area contributed by atoms with Gasteiger partial charge in [-0.2, -0.15) is 0 Å². The maximum absolute atomic E-state index is 13.2. The van der Waals surface area contributed by atoms with E-state index < -0.39 is 11.6 Å². The van der Waals surface area contributed by atoms with E-state index in [0.29, 0.717) is 23.9 Å². The fourth-order valence-electron chi connectivity index (χ4n) is 3.26. The van der Waals surface area contributed by atoms with Gasteiger partial charge in [0.15, 0.2) is 11.6 Å². The Balaban J connectivity index is 1.86. The Hall–Kier alpha value is -1.65. The Morgan fingerprint density at radius 2 is 1.86 bits per heavy atom. The Morgan fingerprint density at radius 1 is 1.18 bits per heavy atom. The van der Waals surface area contributed by atoms with E-state index in [2.05, 4.69) is 17.4 Å². The van der Waals surface area contributed by atoms with Crippen LogP contribution in [-0.4, -0.2) is 11.0 Å². The summed E-state index contributed by atoms with van der Waals surface area (Å²) in [5.41, 5.74) is 0.395. The summed E-state index contributed by atoms with van der Waals surface area (Å²) in [6.45, 7) is 2.22. The number of nitrogens with zero attached hydrogens (tertiary/aromatic N) is 1. The molecule has 1 aromatic rings. The molecule has 1 aromatic carbocycles. The molecule has 122 valence electrons. The minimum atomic E-state index is -0.914. The molecule has 0 amide bonds. The Morgan fingerprint density at radius 3 is 2.45 bits per heavy atom. The van der Waals surface area contributed by atoms with Crippen molar-refractivity contribution in [2.24, 2.45) is 17.0 Å². The number of anilines is 1.